The highest BCUT2D eigenvalue weighted by Gasteiger charge is 2.47. The predicted molar refractivity (Wildman–Crippen MR) is 219 cm³/mol. The van der Waals surface area contributed by atoms with E-state index < -0.39 is 23.6 Å². The summed E-state index contributed by atoms with van der Waals surface area (Å²) in [5.41, 5.74) is 5.04. The zero-order valence-corrected chi connectivity index (χ0v) is 35.8. The first-order valence-corrected chi connectivity index (χ1v) is 23.9. The van der Waals surface area contributed by atoms with Crippen molar-refractivity contribution >= 4 is 41.6 Å². The van der Waals surface area contributed by atoms with Crippen LogP contribution in [0.3, 0.4) is 0 Å². The van der Waals surface area contributed by atoms with Crippen LogP contribution < -0.4 is 14.8 Å². The number of nitrogens with zero attached hydrogens (tertiary/aromatic N) is 1. The summed E-state index contributed by atoms with van der Waals surface area (Å²) in [5, 5.41) is 5.82. The minimum Gasteiger partial charge on any atom is -0.490 e. The number of carbonyl (C=O) groups is 1. The van der Waals surface area contributed by atoms with Crippen molar-refractivity contribution in [3.63, 3.8) is 0 Å². The molecular weight excluding hydrogens is 724 g/mol. The van der Waals surface area contributed by atoms with Crippen molar-refractivity contribution < 1.29 is 27.1 Å². The first kappa shape index (κ1) is 41.8. The predicted octanol–water partition coefficient (Wildman–Crippen LogP) is 9.59. The molecule has 11 heteroatoms. The molecule has 2 aromatic rings. The number of hydrogen-bond donors (Lipinski definition) is 1. The fraction of sp³-hybridized carbons (Fsp3) is 0.643. The number of halogens is 1. The first-order chi connectivity index (χ1) is 25.0. The molecule has 1 saturated carbocycles. The van der Waals surface area contributed by atoms with Gasteiger partial charge in [-0.2, -0.15) is 0 Å². The fourth-order valence-electron chi connectivity index (χ4n) is 9.80. The molecule has 294 valence electrons. The number of methoxy groups -OCH3 is 1. The van der Waals surface area contributed by atoms with Gasteiger partial charge in [0.1, 0.15) is 5.75 Å². The van der Waals surface area contributed by atoms with Gasteiger partial charge in [0.2, 0.25) is 18.3 Å². The molecule has 0 saturated heterocycles. The van der Waals surface area contributed by atoms with Crippen LogP contribution in [0.4, 0.5) is 5.69 Å². The summed E-state index contributed by atoms with van der Waals surface area (Å²) in [6.07, 6.45) is 11.2. The van der Waals surface area contributed by atoms with Crippen LogP contribution in [0.5, 0.6) is 5.75 Å². The molecule has 8 nitrogen and oxygen atoms in total. The molecule has 1 fully saturated rings. The summed E-state index contributed by atoms with van der Waals surface area (Å²) in [4.78, 5) is 15.2. The second-order valence-corrected chi connectivity index (χ2v) is 24.5. The molecule has 1 aliphatic heterocycles. The number of nitrogens with two attached hydrogens (primary N) is 1. The van der Waals surface area contributed by atoms with E-state index in [0.717, 1.165) is 61.7 Å². The molecule has 2 aliphatic carbocycles. The summed E-state index contributed by atoms with van der Waals surface area (Å²) >= 11 is 6.47. The summed E-state index contributed by atoms with van der Waals surface area (Å²) in [7, 11) is -4.48. The highest BCUT2D eigenvalue weighted by atomic mass is 35.5. The Morgan fingerprint density at radius 2 is 1.79 bits per heavy atom. The lowest BCUT2D eigenvalue weighted by Crippen LogP contribution is -2.50. The second-order valence-electron chi connectivity index (χ2n) is 16.8. The zero-order valence-electron chi connectivity index (χ0n) is 33.2. The van der Waals surface area contributed by atoms with Crippen molar-refractivity contribution in [1.82, 2.24) is 0 Å². The van der Waals surface area contributed by atoms with Crippen LogP contribution in [-0.2, 0) is 31.0 Å². The van der Waals surface area contributed by atoms with Gasteiger partial charge in [0, 0.05) is 23.5 Å². The van der Waals surface area contributed by atoms with E-state index in [-0.39, 0.29) is 17.5 Å². The van der Waals surface area contributed by atoms with E-state index in [1.165, 1.54) is 18.2 Å². The molecule has 53 heavy (non-hydrogen) atoms. The van der Waals surface area contributed by atoms with Crippen LogP contribution in [0.25, 0.3) is 0 Å². The van der Waals surface area contributed by atoms with Gasteiger partial charge in [0.15, 0.2) is 0 Å². The number of benzene rings is 2. The number of ether oxygens (including phenoxy) is 2. The van der Waals surface area contributed by atoms with Crippen molar-refractivity contribution in [2.24, 2.45) is 17.0 Å². The Balaban J connectivity index is 1.45. The number of aryl methyl sites for hydroxylation is 1. The zero-order chi connectivity index (χ0) is 38.7. The molecule has 5 rings (SSSR count). The third-order valence-electron chi connectivity index (χ3n) is 12.7. The van der Waals surface area contributed by atoms with E-state index in [1.807, 2.05) is 25.1 Å². The Hall–Kier alpha value is -2.37. The van der Waals surface area contributed by atoms with E-state index in [9.17, 15) is 13.2 Å². The van der Waals surface area contributed by atoms with Gasteiger partial charge in [-0.25, -0.2) is 18.4 Å². The monoisotopic (exact) mass is 786 g/mol. The lowest BCUT2D eigenvalue weighted by Gasteiger charge is -2.45. The van der Waals surface area contributed by atoms with Crippen LogP contribution in [-0.4, -0.2) is 60.9 Å². The van der Waals surface area contributed by atoms with Crippen LogP contribution in [0.15, 0.2) is 48.6 Å². The van der Waals surface area contributed by atoms with E-state index >= 15 is 0 Å². The molecule has 2 aromatic carbocycles. The van der Waals surface area contributed by atoms with Gasteiger partial charge in [0.05, 0.1) is 36.3 Å². The second kappa shape index (κ2) is 17.2. The highest BCUT2D eigenvalue weighted by Crippen LogP contribution is 2.47. The lowest BCUT2D eigenvalue weighted by atomic mass is 9.69. The van der Waals surface area contributed by atoms with Gasteiger partial charge < -0.3 is 18.8 Å². The van der Waals surface area contributed by atoms with Crippen molar-refractivity contribution in [3.8, 4) is 5.75 Å². The molecule has 0 unspecified atom stereocenters. The van der Waals surface area contributed by atoms with E-state index in [2.05, 4.69) is 70.7 Å². The molecule has 1 spiro atoms. The number of rotatable bonds is 15. The Bertz CT molecular complexity index is 1710. The summed E-state index contributed by atoms with van der Waals surface area (Å²) in [5.74, 6) is 1.16. The Labute approximate surface area is 325 Å². The Morgan fingerprint density at radius 1 is 1.08 bits per heavy atom. The SMILES string of the molecule is CC[C@H](CC[C@H](/C=C/[C@@H]1CC[C@H]1CN1C[C@@]2(CCCc3cc(Cl)ccc32)COc2ccc(C(=O)OC)cc21)O[Si](C(C)C)(C(C)C)C(C)C)S(N)(=O)=O. The van der Waals surface area contributed by atoms with Gasteiger partial charge in [-0.05, 0) is 121 Å². The fourth-order valence-corrected chi connectivity index (χ4v) is 16.5. The Morgan fingerprint density at radius 3 is 2.40 bits per heavy atom. The third-order valence-corrected chi connectivity index (χ3v) is 20.6. The average Bonchev–Trinajstić information content (AvgIpc) is 3.24. The van der Waals surface area contributed by atoms with Gasteiger partial charge in [-0.3, -0.25) is 0 Å². The minimum absolute atomic E-state index is 0.185. The molecule has 0 aromatic heterocycles. The normalized spacial score (nSPS) is 23.1. The average molecular weight is 788 g/mol. The number of anilines is 1. The number of hydrogen-bond acceptors (Lipinski definition) is 7. The van der Waals surface area contributed by atoms with Crippen LogP contribution >= 0.6 is 11.6 Å². The maximum atomic E-state index is 12.7. The van der Waals surface area contributed by atoms with E-state index in [4.69, 9.17) is 30.6 Å². The smallest absolute Gasteiger partial charge is 0.337 e. The Kier molecular flexibility index (Phi) is 13.6. The van der Waals surface area contributed by atoms with Gasteiger partial charge in [0.25, 0.3) is 0 Å². The van der Waals surface area contributed by atoms with E-state index in [0.29, 0.717) is 59.9 Å². The number of allylic oxidation sites excluding steroid dienone is 1. The maximum absolute atomic E-state index is 12.7. The summed E-state index contributed by atoms with van der Waals surface area (Å²) < 4.78 is 43.9. The molecule has 2 N–H and O–H groups in total. The molecule has 0 bridgehead atoms. The number of sulfonamides is 1. The first-order valence-electron chi connectivity index (χ1n) is 19.8. The number of esters is 1. The number of carbonyl (C=O) groups excluding carboxylic acids is 1. The molecule has 3 aliphatic rings. The topological polar surface area (TPSA) is 108 Å². The van der Waals surface area contributed by atoms with Crippen molar-refractivity contribution in [2.45, 2.75) is 133 Å². The van der Waals surface area contributed by atoms with E-state index in [1.54, 1.807) is 6.07 Å². The number of primary sulfonamides is 1. The standard InChI is InChI=1S/C42H63ClN2O6SSi/c1-9-37(52(44,47)48)19-18-36(51-53(28(2)3,29(4)5)30(6)7)17-14-31-12-13-34(31)25-45-26-42(22-10-11-32-23-35(43)16-20-38(32)42)27-50-40-21-15-33(24-39(40)45)41(46)49-8/h14-17,20-21,23-24,28-31,34,36-37H,9-13,18-19,22,25-27H2,1-8H3,(H2,44,47,48)/b17-14+/t31-,34-,36-,37+,42-/m0/s1. The van der Waals surface area contributed by atoms with Crippen molar-refractivity contribution in [2.75, 3.05) is 31.7 Å². The number of fused-ring (bicyclic) bond motifs is 3. The van der Waals surface area contributed by atoms with Gasteiger partial charge in [-0.15, -0.1) is 0 Å². The largest absolute Gasteiger partial charge is 0.490 e. The summed E-state index contributed by atoms with van der Waals surface area (Å²) in [6, 6.07) is 11.9. The lowest BCUT2D eigenvalue weighted by molar-refractivity contribution is 0.0600. The van der Waals surface area contributed by atoms with Gasteiger partial charge >= 0.3 is 5.97 Å². The third kappa shape index (κ3) is 9.03. The minimum atomic E-state index is -3.64. The van der Waals surface area contributed by atoms with Crippen molar-refractivity contribution in [1.29, 1.82) is 0 Å². The highest BCUT2D eigenvalue weighted by molar-refractivity contribution is 7.89. The maximum Gasteiger partial charge on any atom is 0.337 e. The van der Waals surface area contributed by atoms with Crippen LogP contribution in [0.1, 0.15) is 115 Å². The van der Waals surface area contributed by atoms with Crippen molar-refractivity contribution in [3.05, 3.63) is 70.3 Å². The van der Waals surface area contributed by atoms with Crippen LogP contribution in [0.2, 0.25) is 21.6 Å². The quantitative estimate of drug-likeness (QED) is 0.109. The molecule has 1 heterocycles. The van der Waals surface area contributed by atoms with Crippen LogP contribution in [0, 0.1) is 11.8 Å². The molecule has 0 amide bonds. The van der Waals surface area contributed by atoms with Gasteiger partial charge in [-0.1, -0.05) is 78.3 Å². The summed E-state index contributed by atoms with van der Waals surface area (Å²) in [6.45, 7) is 17.8. The molecular formula is C42H63ClN2O6SSi. The molecule has 5 atom stereocenters. The molecule has 0 radical (unpaired) electrons.